The van der Waals surface area contributed by atoms with Crippen LogP contribution in [0, 0.1) is 0 Å². The summed E-state index contributed by atoms with van der Waals surface area (Å²) in [6, 6.07) is 5.74. The number of halogens is 1. The number of benzene rings is 1. The highest BCUT2D eigenvalue weighted by Crippen LogP contribution is 2.23. The number of hydrogen-bond donors (Lipinski definition) is 2. The molecule has 21 heavy (non-hydrogen) atoms. The van der Waals surface area contributed by atoms with E-state index in [1.165, 1.54) is 23.1 Å². The lowest BCUT2D eigenvalue weighted by molar-refractivity contribution is 0.0697. The predicted octanol–water partition coefficient (Wildman–Crippen LogP) is 3.76. The summed E-state index contributed by atoms with van der Waals surface area (Å²) in [5, 5.41) is 15.8. The highest BCUT2D eigenvalue weighted by atomic mass is 35.5. The minimum Gasteiger partial charge on any atom is -0.478 e. The smallest absolute Gasteiger partial charge is 0.335 e. The molecule has 2 amide bonds. The van der Waals surface area contributed by atoms with E-state index in [4.69, 9.17) is 16.7 Å². The molecule has 0 unspecified atom stereocenters. The van der Waals surface area contributed by atoms with Crippen LogP contribution in [0.4, 0.5) is 10.5 Å². The minimum atomic E-state index is -1.08. The number of amides is 2. The predicted molar refractivity (Wildman–Crippen MR) is 83.2 cm³/mol. The van der Waals surface area contributed by atoms with Gasteiger partial charge in [0.15, 0.2) is 0 Å². The quantitative estimate of drug-likeness (QED) is 0.899. The third-order valence-electron chi connectivity index (χ3n) is 2.80. The molecule has 0 radical (unpaired) electrons. The van der Waals surface area contributed by atoms with Crippen LogP contribution < -0.4 is 5.32 Å². The molecule has 1 aromatic carbocycles. The Balaban J connectivity index is 2.08. The van der Waals surface area contributed by atoms with Crippen LogP contribution in [0.15, 0.2) is 35.0 Å². The van der Waals surface area contributed by atoms with E-state index >= 15 is 0 Å². The minimum absolute atomic E-state index is 0.0650. The number of anilines is 1. The third kappa shape index (κ3) is 3.96. The first-order valence-electron chi connectivity index (χ1n) is 6.03. The first-order chi connectivity index (χ1) is 9.97. The zero-order chi connectivity index (χ0) is 15.4. The molecule has 7 heteroatoms. The SMILES string of the molecule is CN(Cc1ccsc1)C(=O)Nc1cc(C(=O)O)ccc1Cl. The van der Waals surface area contributed by atoms with E-state index in [1.807, 2.05) is 16.8 Å². The van der Waals surface area contributed by atoms with Gasteiger partial charge in [-0.3, -0.25) is 0 Å². The molecule has 0 atom stereocenters. The zero-order valence-electron chi connectivity index (χ0n) is 11.2. The van der Waals surface area contributed by atoms with Gasteiger partial charge in [0.05, 0.1) is 16.3 Å². The molecular formula is C14H13ClN2O3S. The van der Waals surface area contributed by atoms with Crippen molar-refractivity contribution in [3.8, 4) is 0 Å². The Labute approximate surface area is 130 Å². The molecule has 0 aliphatic rings. The fourth-order valence-corrected chi connectivity index (χ4v) is 2.52. The summed E-state index contributed by atoms with van der Waals surface area (Å²) in [6.07, 6.45) is 0. The van der Waals surface area contributed by atoms with Crippen LogP contribution in [0.2, 0.25) is 5.02 Å². The molecule has 0 spiro atoms. The fourth-order valence-electron chi connectivity index (χ4n) is 1.69. The maximum Gasteiger partial charge on any atom is 0.335 e. The molecule has 0 saturated heterocycles. The number of rotatable bonds is 4. The summed E-state index contributed by atoms with van der Waals surface area (Å²) in [5.41, 5.74) is 1.37. The first-order valence-corrected chi connectivity index (χ1v) is 7.35. The summed E-state index contributed by atoms with van der Waals surface area (Å²) in [5.74, 6) is -1.08. The van der Waals surface area contributed by atoms with Crippen molar-refractivity contribution < 1.29 is 14.7 Å². The zero-order valence-corrected chi connectivity index (χ0v) is 12.7. The summed E-state index contributed by atoms with van der Waals surface area (Å²) in [6.45, 7) is 0.464. The number of carbonyl (C=O) groups excluding carboxylic acids is 1. The molecule has 2 N–H and O–H groups in total. The lowest BCUT2D eigenvalue weighted by Gasteiger charge is -2.18. The van der Waals surface area contributed by atoms with Crippen molar-refractivity contribution in [3.63, 3.8) is 0 Å². The molecule has 110 valence electrons. The molecular weight excluding hydrogens is 312 g/mol. The normalized spacial score (nSPS) is 10.2. The van der Waals surface area contributed by atoms with Crippen molar-refractivity contribution in [2.24, 2.45) is 0 Å². The van der Waals surface area contributed by atoms with E-state index in [-0.39, 0.29) is 22.3 Å². The number of aromatic carboxylic acids is 1. The van der Waals surface area contributed by atoms with Crippen molar-refractivity contribution in [3.05, 3.63) is 51.2 Å². The number of thiophene rings is 1. The van der Waals surface area contributed by atoms with Crippen LogP contribution >= 0.6 is 22.9 Å². The number of carboxylic acid groups (broad SMARTS) is 1. The first kappa shape index (κ1) is 15.3. The van der Waals surface area contributed by atoms with Crippen LogP contribution in [-0.4, -0.2) is 29.1 Å². The molecule has 0 saturated carbocycles. The maximum absolute atomic E-state index is 12.1. The van der Waals surface area contributed by atoms with Crippen LogP contribution in [0.3, 0.4) is 0 Å². The largest absolute Gasteiger partial charge is 0.478 e. The van der Waals surface area contributed by atoms with E-state index in [9.17, 15) is 9.59 Å². The molecule has 5 nitrogen and oxygen atoms in total. The van der Waals surface area contributed by atoms with Gasteiger partial charge in [-0.25, -0.2) is 9.59 Å². The average molecular weight is 325 g/mol. The van der Waals surface area contributed by atoms with E-state index in [0.717, 1.165) is 5.56 Å². The van der Waals surface area contributed by atoms with Gasteiger partial charge >= 0.3 is 12.0 Å². The topological polar surface area (TPSA) is 69.6 Å². The van der Waals surface area contributed by atoms with Gasteiger partial charge in [0.25, 0.3) is 0 Å². The van der Waals surface area contributed by atoms with Gasteiger partial charge in [0.1, 0.15) is 0 Å². The molecule has 0 bridgehead atoms. The molecule has 0 aliphatic heterocycles. The number of carbonyl (C=O) groups is 2. The Bertz CT molecular complexity index is 658. The number of carboxylic acids is 1. The summed E-state index contributed by atoms with van der Waals surface area (Å²) in [7, 11) is 1.65. The molecule has 2 rings (SSSR count). The Morgan fingerprint density at radius 1 is 1.38 bits per heavy atom. The van der Waals surface area contributed by atoms with Gasteiger partial charge in [-0.15, -0.1) is 0 Å². The number of urea groups is 1. The second-order valence-electron chi connectivity index (χ2n) is 4.42. The van der Waals surface area contributed by atoms with Gasteiger partial charge in [-0.1, -0.05) is 11.6 Å². The standard InChI is InChI=1S/C14H13ClN2O3S/c1-17(7-9-4-5-21-8-9)14(20)16-12-6-10(13(18)19)2-3-11(12)15/h2-6,8H,7H2,1H3,(H,16,20)(H,18,19). The number of nitrogens with zero attached hydrogens (tertiary/aromatic N) is 1. The Morgan fingerprint density at radius 2 is 2.14 bits per heavy atom. The second kappa shape index (κ2) is 6.60. The van der Waals surface area contributed by atoms with Crippen molar-refractivity contribution >= 4 is 40.6 Å². The van der Waals surface area contributed by atoms with Crippen LogP contribution in [0.1, 0.15) is 15.9 Å². The lowest BCUT2D eigenvalue weighted by Crippen LogP contribution is -2.30. The van der Waals surface area contributed by atoms with Crippen LogP contribution in [0.5, 0.6) is 0 Å². The Hall–Kier alpha value is -2.05. The van der Waals surface area contributed by atoms with Gasteiger partial charge in [0, 0.05) is 13.6 Å². The Morgan fingerprint density at radius 3 is 2.76 bits per heavy atom. The summed E-state index contributed by atoms with van der Waals surface area (Å²) >= 11 is 7.53. The van der Waals surface area contributed by atoms with E-state index in [1.54, 1.807) is 18.4 Å². The van der Waals surface area contributed by atoms with Crippen LogP contribution in [0.25, 0.3) is 0 Å². The van der Waals surface area contributed by atoms with Crippen molar-refractivity contribution in [1.29, 1.82) is 0 Å². The van der Waals surface area contributed by atoms with Crippen molar-refractivity contribution in [2.75, 3.05) is 12.4 Å². The molecule has 1 heterocycles. The van der Waals surface area contributed by atoms with E-state index in [2.05, 4.69) is 5.32 Å². The third-order valence-corrected chi connectivity index (χ3v) is 3.86. The van der Waals surface area contributed by atoms with Crippen molar-refractivity contribution in [1.82, 2.24) is 4.90 Å². The molecule has 1 aromatic heterocycles. The van der Waals surface area contributed by atoms with Gasteiger partial charge in [-0.2, -0.15) is 11.3 Å². The number of hydrogen-bond acceptors (Lipinski definition) is 3. The molecule has 2 aromatic rings. The lowest BCUT2D eigenvalue weighted by atomic mass is 10.2. The van der Waals surface area contributed by atoms with Gasteiger partial charge in [-0.05, 0) is 40.6 Å². The van der Waals surface area contributed by atoms with E-state index < -0.39 is 5.97 Å². The highest BCUT2D eigenvalue weighted by Gasteiger charge is 2.13. The molecule has 0 aliphatic carbocycles. The highest BCUT2D eigenvalue weighted by molar-refractivity contribution is 7.07. The van der Waals surface area contributed by atoms with Gasteiger partial charge in [0.2, 0.25) is 0 Å². The monoisotopic (exact) mass is 324 g/mol. The summed E-state index contributed by atoms with van der Waals surface area (Å²) < 4.78 is 0. The van der Waals surface area contributed by atoms with Gasteiger partial charge < -0.3 is 15.3 Å². The Kier molecular flexibility index (Phi) is 4.82. The van der Waals surface area contributed by atoms with E-state index in [0.29, 0.717) is 6.54 Å². The van der Waals surface area contributed by atoms with Crippen molar-refractivity contribution in [2.45, 2.75) is 6.54 Å². The fraction of sp³-hybridized carbons (Fsp3) is 0.143. The number of nitrogens with one attached hydrogen (secondary N) is 1. The second-order valence-corrected chi connectivity index (χ2v) is 5.60. The average Bonchev–Trinajstić information content (AvgIpc) is 2.93. The molecule has 0 fully saturated rings. The summed E-state index contributed by atoms with van der Waals surface area (Å²) in [4.78, 5) is 24.5. The maximum atomic E-state index is 12.1. The van der Waals surface area contributed by atoms with Crippen LogP contribution in [-0.2, 0) is 6.54 Å².